The molecule has 1 aromatic heterocycles. The van der Waals surface area contributed by atoms with Crippen LogP contribution < -0.4 is 0 Å². The number of halogens is 2. The summed E-state index contributed by atoms with van der Waals surface area (Å²) < 4.78 is 43.2. The fourth-order valence-corrected chi connectivity index (χ4v) is 2.90. The molecule has 0 bridgehead atoms. The molecule has 0 aliphatic carbocycles. The van der Waals surface area contributed by atoms with E-state index in [9.17, 15) is 12.8 Å². The molecule has 0 aliphatic rings. The van der Waals surface area contributed by atoms with Crippen LogP contribution in [0.5, 0.6) is 0 Å². The highest BCUT2D eigenvalue weighted by Gasteiger charge is 2.16. The van der Waals surface area contributed by atoms with Crippen molar-refractivity contribution < 1.29 is 17.2 Å². The number of rotatable bonds is 2. The molecule has 0 spiro atoms. The smallest absolute Gasteiger partial charge is 0.230 e. The summed E-state index contributed by atoms with van der Waals surface area (Å²) in [5.74, 6) is -0.579. The Balaban J connectivity index is 2.14. The van der Waals surface area contributed by atoms with Gasteiger partial charge in [-0.15, -0.1) is 0 Å². The summed E-state index contributed by atoms with van der Waals surface area (Å²) in [6.45, 7) is 0. The third-order valence-corrected chi connectivity index (χ3v) is 4.55. The second-order valence-electron chi connectivity index (χ2n) is 4.54. The lowest BCUT2D eigenvalue weighted by Gasteiger charge is -2.01. The molecule has 7 heteroatoms. The maximum Gasteiger partial charge on any atom is 0.230 e. The van der Waals surface area contributed by atoms with E-state index in [2.05, 4.69) is 20.9 Å². The van der Waals surface area contributed by atoms with Gasteiger partial charge in [0.25, 0.3) is 0 Å². The molecule has 0 aliphatic heterocycles. The molecule has 0 saturated heterocycles. The number of aromatic nitrogens is 1. The van der Waals surface area contributed by atoms with Gasteiger partial charge in [0.15, 0.2) is 15.4 Å². The monoisotopic (exact) mass is 369 g/mol. The number of benzene rings is 2. The first kappa shape index (κ1) is 14.2. The highest BCUT2D eigenvalue weighted by Crippen LogP contribution is 2.29. The van der Waals surface area contributed by atoms with Gasteiger partial charge in [-0.1, -0.05) is 15.9 Å². The molecule has 0 radical (unpaired) electrons. The minimum absolute atomic E-state index is 0.0809. The fourth-order valence-electron chi connectivity index (χ4n) is 1.92. The van der Waals surface area contributed by atoms with Gasteiger partial charge >= 0.3 is 0 Å². The molecule has 4 nitrogen and oxygen atoms in total. The standard InChI is InChI=1S/C14H9BrFNO3S/c1-21(18,19)9-3-4-10(11(16)7-9)14-17-12-6-8(15)2-5-13(12)20-14/h2-7H,1H3. The lowest BCUT2D eigenvalue weighted by molar-refractivity contribution is 0.585. The predicted molar refractivity (Wildman–Crippen MR) is 80.2 cm³/mol. The first-order valence-electron chi connectivity index (χ1n) is 5.91. The van der Waals surface area contributed by atoms with Crippen LogP contribution in [0.4, 0.5) is 4.39 Å². The van der Waals surface area contributed by atoms with Gasteiger partial charge in [-0.2, -0.15) is 0 Å². The van der Waals surface area contributed by atoms with Crippen molar-refractivity contribution in [3.63, 3.8) is 0 Å². The van der Waals surface area contributed by atoms with Gasteiger partial charge in [-0.05, 0) is 36.4 Å². The molecule has 0 fully saturated rings. The van der Waals surface area contributed by atoms with Crippen molar-refractivity contribution in [2.75, 3.05) is 6.26 Å². The molecule has 21 heavy (non-hydrogen) atoms. The summed E-state index contributed by atoms with van der Waals surface area (Å²) in [6.07, 6.45) is 1.03. The van der Waals surface area contributed by atoms with Crippen LogP contribution in [0, 0.1) is 5.82 Å². The highest BCUT2D eigenvalue weighted by molar-refractivity contribution is 9.10. The summed E-state index contributed by atoms with van der Waals surface area (Å²) in [4.78, 5) is 4.13. The van der Waals surface area contributed by atoms with E-state index in [1.807, 2.05) is 0 Å². The molecule has 3 rings (SSSR count). The third-order valence-electron chi connectivity index (χ3n) is 2.95. The normalized spacial score (nSPS) is 12.0. The van der Waals surface area contributed by atoms with Crippen LogP contribution in [0.2, 0.25) is 0 Å². The zero-order valence-corrected chi connectivity index (χ0v) is 13.2. The fraction of sp³-hybridized carbons (Fsp3) is 0.0714. The van der Waals surface area contributed by atoms with Crippen molar-refractivity contribution in [1.29, 1.82) is 0 Å². The largest absolute Gasteiger partial charge is 0.436 e. The Morgan fingerprint density at radius 1 is 1.19 bits per heavy atom. The first-order chi connectivity index (χ1) is 9.84. The predicted octanol–water partition coefficient (Wildman–Crippen LogP) is 3.80. The molecule has 0 saturated carbocycles. The average Bonchev–Trinajstić information content (AvgIpc) is 2.80. The van der Waals surface area contributed by atoms with Crippen LogP contribution in [0.15, 0.2) is 50.2 Å². The van der Waals surface area contributed by atoms with E-state index in [4.69, 9.17) is 4.42 Å². The molecule has 0 N–H and O–H groups in total. The number of fused-ring (bicyclic) bond motifs is 1. The van der Waals surface area contributed by atoms with Gasteiger partial charge in [0.2, 0.25) is 5.89 Å². The number of sulfone groups is 1. The van der Waals surface area contributed by atoms with Crippen LogP contribution in [0.25, 0.3) is 22.6 Å². The van der Waals surface area contributed by atoms with Crippen molar-refractivity contribution in [3.05, 3.63) is 46.7 Å². The lowest BCUT2D eigenvalue weighted by atomic mass is 10.2. The van der Waals surface area contributed by atoms with Crippen molar-refractivity contribution in [1.82, 2.24) is 4.98 Å². The molecular formula is C14H9BrFNO3S. The molecular weight excluding hydrogens is 361 g/mol. The Morgan fingerprint density at radius 3 is 2.62 bits per heavy atom. The number of nitrogens with zero attached hydrogens (tertiary/aromatic N) is 1. The molecule has 0 amide bonds. The van der Waals surface area contributed by atoms with Crippen molar-refractivity contribution in [2.24, 2.45) is 0 Å². The maximum atomic E-state index is 14.1. The molecule has 2 aromatic carbocycles. The molecule has 0 atom stereocenters. The number of hydrogen-bond acceptors (Lipinski definition) is 4. The molecule has 0 unspecified atom stereocenters. The number of hydrogen-bond donors (Lipinski definition) is 0. The minimum atomic E-state index is -3.45. The number of oxazole rings is 1. The quantitative estimate of drug-likeness (QED) is 0.689. The van der Waals surface area contributed by atoms with Crippen molar-refractivity contribution >= 4 is 36.9 Å². The van der Waals surface area contributed by atoms with Crippen LogP contribution in [-0.4, -0.2) is 19.7 Å². The van der Waals surface area contributed by atoms with Crippen LogP contribution >= 0.6 is 15.9 Å². The second-order valence-corrected chi connectivity index (χ2v) is 7.48. The van der Waals surface area contributed by atoms with E-state index in [1.165, 1.54) is 12.1 Å². The topological polar surface area (TPSA) is 60.2 Å². The Bertz CT molecular complexity index is 950. The van der Waals surface area contributed by atoms with E-state index < -0.39 is 15.7 Å². The summed E-state index contributed by atoms with van der Waals surface area (Å²) in [5.41, 5.74) is 1.24. The van der Waals surface area contributed by atoms with E-state index in [-0.39, 0.29) is 16.3 Å². The van der Waals surface area contributed by atoms with Crippen LogP contribution in [0.3, 0.4) is 0 Å². The lowest BCUT2D eigenvalue weighted by Crippen LogP contribution is -1.98. The van der Waals surface area contributed by atoms with Crippen LogP contribution in [-0.2, 0) is 9.84 Å². The van der Waals surface area contributed by atoms with Crippen molar-refractivity contribution in [2.45, 2.75) is 4.90 Å². The van der Waals surface area contributed by atoms with Gasteiger partial charge in [0, 0.05) is 10.7 Å². The van der Waals surface area contributed by atoms with E-state index in [1.54, 1.807) is 18.2 Å². The second kappa shape index (κ2) is 4.92. The summed E-state index contributed by atoms with van der Waals surface area (Å²) in [7, 11) is -3.45. The van der Waals surface area contributed by atoms with Gasteiger partial charge in [-0.25, -0.2) is 17.8 Å². The van der Waals surface area contributed by atoms with E-state index in [0.29, 0.717) is 11.1 Å². The van der Waals surface area contributed by atoms with E-state index >= 15 is 0 Å². The van der Waals surface area contributed by atoms with Crippen LogP contribution in [0.1, 0.15) is 0 Å². The Hall–Kier alpha value is -1.73. The summed E-state index contributed by atoms with van der Waals surface area (Å²) >= 11 is 3.32. The average molecular weight is 370 g/mol. The highest BCUT2D eigenvalue weighted by atomic mass is 79.9. The molecule has 108 valence electrons. The minimum Gasteiger partial charge on any atom is -0.436 e. The zero-order valence-electron chi connectivity index (χ0n) is 10.8. The van der Waals surface area contributed by atoms with E-state index in [0.717, 1.165) is 16.8 Å². The Kier molecular flexibility index (Phi) is 3.33. The van der Waals surface area contributed by atoms with Gasteiger partial charge in [-0.3, -0.25) is 0 Å². The summed E-state index contributed by atoms with van der Waals surface area (Å²) in [6, 6.07) is 8.92. The Labute approximate surface area is 128 Å². The van der Waals surface area contributed by atoms with Gasteiger partial charge < -0.3 is 4.42 Å². The van der Waals surface area contributed by atoms with Gasteiger partial charge in [0.1, 0.15) is 11.3 Å². The first-order valence-corrected chi connectivity index (χ1v) is 8.59. The zero-order chi connectivity index (χ0) is 15.2. The Morgan fingerprint density at radius 2 is 1.95 bits per heavy atom. The molecule has 1 heterocycles. The molecule has 3 aromatic rings. The van der Waals surface area contributed by atoms with Gasteiger partial charge in [0.05, 0.1) is 10.5 Å². The summed E-state index contributed by atoms with van der Waals surface area (Å²) in [5, 5.41) is 0. The SMILES string of the molecule is CS(=O)(=O)c1ccc(-c2nc3cc(Br)ccc3o2)c(F)c1. The maximum absolute atomic E-state index is 14.1. The third kappa shape index (κ3) is 2.71. The van der Waals surface area contributed by atoms with Crippen molar-refractivity contribution in [3.8, 4) is 11.5 Å².